The number of rotatable bonds is 5. The molecular weight excluding hydrogens is 162 g/mol. The van der Waals surface area contributed by atoms with Crippen LogP contribution in [0.15, 0.2) is 24.3 Å². The maximum absolute atomic E-state index is 5.08. The first-order valence-electron chi connectivity index (χ1n) is 4.81. The monoisotopic (exact) mass is 180 g/mol. The lowest BCUT2D eigenvalue weighted by molar-refractivity contribution is -0.670. The highest BCUT2D eigenvalue weighted by Gasteiger charge is 1.95. The topological polar surface area (TPSA) is 25.8 Å². The van der Waals surface area contributed by atoms with Gasteiger partial charge >= 0.3 is 0 Å². The molecule has 0 saturated carbocycles. The summed E-state index contributed by atoms with van der Waals surface area (Å²) in [7, 11) is 1.69. The van der Waals surface area contributed by atoms with Crippen LogP contribution in [0.2, 0.25) is 0 Å². The smallest absolute Gasteiger partial charge is 0.118 e. The Hall–Kier alpha value is -1.02. The summed E-state index contributed by atoms with van der Waals surface area (Å²) in [6.07, 6.45) is 1.23. The Bertz CT molecular complexity index is 230. The van der Waals surface area contributed by atoms with Crippen LogP contribution in [0.4, 0.5) is 0 Å². The summed E-state index contributed by atoms with van der Waals surface area (Å²) in [5.41, 5.74) is 1.36. The molecular formula is C11H18NO+. The van der Waals surface area contributed by atoms with E-state index in [1.165, 1.54) is 18.5 Å². The Kier molecular flexibility index (Phi) is 4.33. The second kappa shape index (κ2) is 5.60. The number of nitrogens with two attached hydrogens (primary N) is 1. The molecule has 0 unspecified atom stereocenters. The van der Waals surface area contributed by atoms with E-state index in [4.69, 9.17) is 4.74 Å². The van der Waals surface area contributed by atoms with Crippen molar-refractivity contribution in [2.45, 2.75) is 19.9 Å². The zero-order chi connectivity index (χ0) is 9.52. The van der Waals surface area contributed by atoms with Crippen LogP contribution < -0.4 is 10.1 Å². The molecule has 0 fully saturated rings. The number of hydrogen-bond donors (Lipinski definition) is 1. The number of methoxy groups -OCH3 is 1. The molecule has 2 N–H and O–H groups in total. The number of quaternary nitrogens is 1. The van der Waals surface area contributed by atoms with E-state index >= 15 is 0 Å². The molecule has 1 aromatic carbocycles. The highest BCUT2D eigenvalue weighted by molar-refractivity contribution is 5.26. The first kappa shape index (κ1) is 10.1. The summed E-state index contributed by atoms with van der Waals surface area (Å²) in [4.78, 5) is 0. The van der Waals surface area contributed by atoms with Crippen LogP contribution in [0.3, 0.4) is 0 Å². The van der Waals surface area contributed by atoms with E-state index < -0.39 is 0 Å². The molecule has 2 nitrogen and oxygen atoms in total. The van der Waals surface area contributed by atoms with Crippen molar-refractivity contribution in [1.29, 1.82) is 0 Å². The highest BCUT2D eigenvalue weighted by atomic mass is 16.5. The van der Waals surface area contributed by atoms with E-state index in [2.05, 4.69) is 24.4 Å². The molecule has 2 heteroatoms. The zero-order valence-electron chi connectivity index (χ0n) is 8.42. The fourth-order valence-corrected chi connectivity index (χ4v) is 1.23. The normalized spacial score (nSPS) is 10.0. The lowest BCUT2D eigenvalue weighted by Crippen LogP contribution is -2.82. The van der Waals surface area contributed by atoms with Gasteiger partial charge in [0.05, 0.1) is 13.7 Å². The third-order valence-corrected chi connectivity index (χ3v) is 2.03. The van der Waals surface area contributed by atoms with Gasteiger partial charge in [0.1, 0.15) is 12.3 Å². The van der Waals surface area contributed by atoms with Gasteiger partial charge in [0.15, 0.2) is 0 Å². The van der Waals surface area contributed by atoms with Crippen LogP contribution in [0, 0.1) is 0 Å². The van der Waals surface area contributed by atoms with E-state index in [0.29, 0.717) is 0 Å². The minimum Gasteiger partial charge on any atom is -0.497 e. The highest BCUT2D eigenvalue weighted by Crippen LogP contribution is 2.09. The van der Waals surface area contributed by atoms with Crippen molar-refractivity contribution in [1.82, 2.24) is 0 Å². The van der Waals surface area contributed by atoms with Crippen LogP contribution in [-0.2, 0) is 6.54 Å². The lowest BCUT2D eigenvalue weighted by Gasteiger charge is -2.02. The molecule has 1 aromatic rings. The molecule has 0 bridgehead atoms. The molecule has 0 aliphatic heterocycles. The predicted octanol–water partition coefficient (Wildman–Crippen LogP) is 1.17. The van der Waals surface area contributed by atoms with Crippen molar-refractivity contribution < 1.29 is 10.1 Å². The van der Waals surface area contributed by atoms with E-state index in [9.17, 15) is 0 Å². The number of ether oxygens (including phenoxy) is 1. The van der Waals surface area contributed by atoms with Gasteiger partial charge in [-0.25, -0.2) is 0 Å². The SMILES string of the molecule is CCC[NH2+]Cc1ccc(OC)cc1. The molecule has 0 aliphatic carbocycles. The van der Waals surface area contributed by atoms with Crippen LogP contribution in [0.25, 0.3) is 0 Å². The van der Waals surface area contributed by atoms with Gasteiger partial charge < -0.3 is 10.1 Å². The summed E-state index contributed by atoms with van der Waals surface area (Å²) in [5.74, 6) is 0.930. The van der Waals surface area contributed by atoms with Crippen molar-refractivity contribution in [3.8, 4) is 5.75 Å². The van der Waals surface area contributed by atoms with Crippen LogP contribution in [-0.4, -0.2) is 13.7 Å². The van der Waals surface area contributed by atoms with E-state index in [1.54, 1.807) is 7.11 Å². The summed E-state index contributed by atoms with van der Waals surface area (Å²) >= 11 is 0. The molecule has 0 saturated heterocycles. The minimum atomic E-state index is 0.930. The molecule has 0 spiro atoms. The fraction of sp³-hybridized carbons (Fsp3) is 0.455. The predicted molar refractivity (Wildman–Crippen MR) is 53.8 cm³/mol. The molecule has 0 heterocycles. The lowest BCUT2D eigenvalue weighted by atomic mass is 10.2. The molecule has 0 atom stereocenters. The van der Waals surface area contributed by atoms with E-state index in [1.807, 2.05) is 12.1 Å². The van der Waals surface area contributed by atoms with Crippen LogP contribution >= 0.6 is 0 Å². The minimum absolute atomic E-state index is 0.930. The average molecular weight is 180 g/mol. The number of hydrogen-bond acceptors (Lipinski definition) is 1. The molecule has 0 aliphatic rings. The third-order valence-electron chi connectivity index (χ3n) is 2.03. The van der Waals surface area contributed by atoms with Gasteiger partial charge in [0.2, 0.25) is 0 Å². The zero-order valence-corrected chi connectivity index (χ0v) is 8.42. The average Bonchev–Trinajstić information content (AvgIpc) is 2.19. The second-order valence-corrected chi connectivity index (χ2v) is 3.13. The molecule has 0 aromatic heterocycles. The maximum atomic E-state index is 5.08. The van der Waals surface area contributed by atoms with Crippen molar-refractivity contribution in [3.63, 3.8) is 0 Å². The van der Waals surface area contributed by atoms with Crippen molar-refractivity contribution in [2.75, 3.05) is 13.7 Å². The molecule has 13 heavy (non-hydrogen) atoms. The first-order valence-corrected chi connectivity index (χ1v) is 4.81. The van der Waals surface area contributed by atoms with E-state index in [0.717, 1.165) is 12.3 Å². The largest absolute Gasteiger partial charge is 0.497 e. The van der Waals surface area contributed by atoms with Gasteiger partial charge in [0.25, 0.3) is 0 Å². The van der Waals surface area contributed by atoms with Crippen molar-refractivity contribution in [3.05, 3.63) is 29.8 Å². The quantitative estimate of drug-likeness (QED) is 0.676. The van der Waals surface area contributed by atoms with Gasteiger partial charge in [-0.15, -0.1) is 0 Å². The standard InChI is InChI=1S/C11H17NO/c1-3-8-12-9-10-4-6-11(13-2)7-5-10/h4-7,12H,3,8-9H2,1-2H3/p+1. The fourth-order valence-electron chi connectivity index (χ4n) is 1.23. The summed E-state index contributed by atoms with van der Waals surface area (Å²) < 4.78 is 5.08. The summed E-state index contributed by atoms with van der Waals surface area (Å²) in [6, 6.07) is 8.25. The summed E-state index contributed by atoms with van der Waals surface area (Å²) in [5, 5.41) is 2.32. The molecule has 1 rings (SSSR count). The van der Waals surface area contributed by atoms with E-state index in [-0.39, 0.29) is 0 Å². The number of benzene rings is 1. The van der Waals surface area contributed by atoms with Gasteiger partial charge in [-0.3, -0.25) is 0 Å². The Balaban J connectivity index is 2.40. The van der Waals surface area contributed by atoms with Gasteiger partial charge in [-0.2, -0.15) is 0 Å². The van der Waals surface area contributed by atoms with Crippen LogP contribution in [0.5, 0.6) is 5.75 Å². The molecule has 72 valence electrons. The van der Waals surface area contributed by atoms with Gasteiger partial charge in [-0.05, 0) is 30.7 Å². The van der Waals surface area contributed by atoms with Crippen molar-refractivity contribution >= 4 is 0 Å². The maximum Gasteiger partial charge on any atom is 0.118 e. The van der Waals surface area contributed by atoms with Gasteiger partial charge in [-0.1, -0.05) is 6.92 Å². The Labute approximate surface area is 79.9 Å². The Morgan fingerprint density at radius 1 is 1.23 bits per heavy atom. The second-order valence-electron chi connectivity index (χ2n) is 3.13. The van der Waals surface area contributed by atoms with Crippen LogP contribution in [0.1, 0.15) is 18.9 Å². The molecule has 0 amide bonds. The van der Waals surface area contributed by atoms with Gasteiger partial charge in [0, 0.05) is 5.56 Å². The third kappa shape index (κ3) is 3.47. The molecule has 0 radical (unpaired) electrons. The van der Waals surface area contributed by atoms with Crippen molar-refractivity contribution in [2.24, 2.45) is 0 Å². The summed E-state index contributed by atoms with van der Waals surface area (Å²) in [6.45, 7) is 4.47. The first-order chi connectivity index (χ1) is 6.36. The Morgan fingerprint density at radius 3 is 2.46 bits per heavy atom. The Morgan fingerprint density at radius 2 is 1.92 bits per heavy atom.